The Morgan fingerprint density at radius 3 is 2.52 bits per heavy atom. The van der Waals surface area contributed by atoms with Crippen LogP contribution >= 0.6 is 11.6 Å². The normalized spacial score (nSPS) is 12.3. The SMILES string of the molecule is CCOC[C@@H](O)CN(CCOC)Cc1c(-c2ccccc2)nn(C)c1Oc1ccc(Cl)cc1. The van der Waals surface area contributed by atoms with E-state index in [4.69, 9.17) is 30.9 Å². The van der Waals surface area contributed by atoms with Crippen molar-refractivity contribution in [2.75, 3.05) is 40.0 Å². The van der Waals surface area contributed by atoms with Gasteiger partial charge in [-0.1, -0.05) is 41.9 Å². The lowest BCUT2D eigenvalue weighted by molar-refractivity contribution is 0.0148. The van der Waals surface area contributed by atoms with Crippen molar-refractivity contribution < 1.29 is 19.3 Å². The van der Waals surface area contributed by atoms with Gasteiger partial charge in [0.25, 0.3) is 0 Å². The molecule has 0 bridgehead atoms. The molecule has 0 spiro atoms. The third kappa shape index (κ3) is 7.28. The van der Waals surface area contributed by atoms with Crippen molar-refractivity contribution in [2.45, 2.75) is 19.6 Å². The minimum absolute atomic E-state index is 0.284. The number of hydrogen-bond donors (Lipinski definition) is 1. The van der Waals surface area contributed by atoms with E-state index in [1.165, 1.54) is 0 Å². The van der Waals surface area contributed by atoms with Gasteiger partial charge in [-0.25, -0.2) is 4.68 Å². The maximum atomic E-state index is 10.5. The Morgan fingerprint density at radius 2 is 1.85 bits per heavy atom. The van der Waals surface area contributed by atoms with Crippen LogP contribution in [-0.2, 0) is 23.1 Å². The predicted octanol–water partition coefficient (Wildman–Crippen LogP) is 4.38. The largest absolute Gasteiger partial charge is 0.439 e. The predicted molar refractivity (Wildman–Crippen MR) is 130 cm³/mol. The maximum absolute atomic E-state index is 10.5. The topological polar surface area (TPSA) is 69.0 Å². The molecule has 0 radical (unpaired) electrons. The van der Waals surface area contributed by atoms with Crippen molar-refractivity contribution in [3.05, 3.63) is 65.2 Å². The first-order valence-electron chi connectivity index (χ1n) is 11.0. The van der Waals surface area contributed by atoms with Crippen LogP contribution in [0.25, 0.3) is 11.3 Å². The molecule has 1 heterocycles. The number of ether oxygens (including phenoxy) is 3. The summed E-state index contributed by atoms with van der Waals surface area (Å²) in [5, 5.41) is 15.9. The lowest BCUT2D eigenvalue weighted by Crippen LogP contribution is -2.36. The first kappa shape index (κ1) is 25.2. The van der Waals surface area contributed by atoms with Gasteiger partial charge in [-0.05, 0) is 31.2 Å². The van der Waals surface area contributed by atoms with E-state index in [0.29, 0.717) is 49.5 Å². The monoisotopic (exact) mass is 473 g/mol. The number of hydrogen-bond acceptors (Lipinski definition) is 6. The van der Waals surface area contributed by atoms with Gasteiger partial charge < -0.3 is 19.3 Å². The van der Waals surface area contributed by atoms with Crippen LogP contribution in [0.2, 0.25) is 5.02 Å². The number of rotatable bonds is 13. The molecule has 0 aliphatic rings. The van der Waals surface area contributed by atoms with E-state index in [0.717, 1.165) is 16.8 Å². The summed E-state index contributed by atoms with van der Waals surface area (Å²) in [5.41, 5.74) is 2.76. The van der Waals surface area contributed by atoms with E-state index >= 15 is 0 Å². The second-order valence-corrected chi connectivity index (χ2v) is 8.16. The molecule has 1 atom stereocenters. The van der Waals surface area contributed by atoms with Crippen LogP contribution in [0.4, 0.5) is 0 Å². The Kier molecular flexibility index (Phi) is 9.72. The van der Waals surface area contributed by atoms with E-state index in [-0.39, 0.29) is 6.61 Å². The second kappa shape index (κ2) is 12.7. The summed E-state index contributed by atoms with van der Waals surface area (Å²) in [6.07, 6.45) is -0.612. The number of aryl methyl sites for hydroxylation is 1. The molecular formula is C25H32ClN3O4. The average Bonchev–Trinajstić information content (AvgIpc) is 3.13. The lowest BCUT2D eigenvalue weighted by Gasteiger charge is -2.25. The summed E-state index contributed by atoms with van der Waals surface area (Å²) in [6, 6.07) is 17.3. The van der Waals surface area contributed by atoms with Crippen molar-refractivity contribution in [1.29, 1.82) is 0 Å². The molecule has 0 amide bonds. The van der Waals surface area contributed by atoms with Gasteiger partial charge in [-0.15, -0.1) is 0 Å². The fourth-order valence-corrected chi connectivity index (χ4v) is 3.67. The van der Waals surface area contributed by atoms with Crippen LogP contribution in [0.3, 0.4) is 0 Å². The van der Waals surface area contributed by atoms with E-state index in [1.54, 1.807) is 23.9 Å². The van der Waals surface area contributed by atoms with Crippen LogP contribution < -0.4 is 4.74 Å². The van der Waals surface area contributed by atoms with Crippen LogP contribution in [0, 0.1) is 0 Å². The highest BCUT2D eigenvalue weighted by Crippen LogP contribution is 2.34. The highest BCUT2D eigenvalue weighted by atomic mass is 35.5. The summed E-state index contributed by atoms with van der Waals surface area (Å²) >= 11 is 6.04. The number of halogens is 1. The lowest BCUT2D eigenvalue weighted by atomic mass is 10.1. The van der Waals surface area contributed by atoms with Crippen molar-refractivity contribution in [2.24, 2.45) is 7.05 Å². The summed E-state index contributed by atoms with van der Waals surface area (Å²) in [6.45, 7) is 4.90. The van der Waals surface area contributed by atoms with E-state index in [9.17, 15) is 5.11 Å². The van der Waals surface area contributed by atoms with Crippen LogP contribution in [-0.4, -0.2) is 65.9 Å². The fourth-order valence-electron chi connectivity index (χ4n) is 3.55. The summed E-state index contributed by atoms with van der Waals surface area (Å²) in [4.78, 5) is 2.13. The van der Waals surface area contributed by atoms with Gasteiger partial charge in [0.1, 0.15) is 11.4 Å². The maximum Gasteiger partial charge on any atom is 0.222 e. The molecule has 0 saturated carbocycles. The van der Waals surface area contributed by atoms with Crippen molar-refractivity contribution in [3.63, 3.8) is 0 Å². The molecule has 3 rings (SSSR count). The summed E-state index contributed by atoms with van der Waals surface area (Å²) in [7, 11) is 3.54. The van der Waals surface area contributed by atoms with Gasteiger partial charge in [0.05, 0.1) is 24.9 Å². The van der Waals surface area contributed by atoms with Crippen molar-refractivity contribution in [1.82, 2.24) is 14.7 Å². The van der Waals surface area contributed by atoms with Crippen molar-refractivity contribution in [3.8, 4) is 22.9 Å². The smallest absolute Gasteiger partial charge is 0.222 e. The zero-order chi connectivity index (χ0) is 23.6. The molecule has 0 unspecified atom stereocenters. The zero-order valence-corrected chi connectivity index (χ0v) is 20.2. The molecular weight excluding hydrogens is 442 g/mol. The zero-order valence-electron chi connectivity index (χ0n) is 19.4. The number of benzene rings is 2. The molecule has 0 aliphatic heterocycles. The van der Waals surface area contributed by atoms with Gasteiger partial charge in [-0.2, -0.15) is 5.10 Å². The molecule has 8 heteroatoms. The molecule has 1 aromatic heterocycles. The van der Waals surface area contributed by atoms with Gasteiger partial charge in [0.15, 0.2) is 0 Å². The number of aromatic nitrogens is 2. The Bertz CT molecular complexity index is 979. The van der Waals surface area contributed by atoms with Gasteiger partial charge in [0, 0.05) is 51.0 Å². The van der Waals surface area contributed by atoms with E-state index in [2.05, 4.69) is 4.90 Å². The van der Waals surface area contributed by atoms with Gasteiger partial charge >= 0.3 is 0 Å². The number of methoxy groups -OCH3 is 1. The average molecular weight is 474 g/mol. The fraction of sp³-hybridized carbons (Fsp3) is 0.400. The Balaban J connectivity index is 1.95. The summed E-state index contributed by atoms with van der Waals surface area (Å²) in [5.74, 6) is 1.31. The Labute approximate surface area is 200 Å². The minimum atomic E-state index is -0.612. The second-order valence-electron chi connectivity index (χ2n) is 7.72. The molecule has 0 aliphatic carbocycles. The first-order valence-corrected chi connectivity index (χ1v) is 11.4. The first-order chi connectivity index (χ1) is 16.0. The Hall–Kier alpha value is -2.42. The van der Waals surface area contributed by atoms with Crippen molar-refractivity contribution >= 4 is 11.6 Å². The third-order valence-corrected chi connectivity index (χ3v) is 5.39. The molecule has 178 valence electrons. The molecule has 0 saturated heterocycles. The summed E-state index contributed by atoms with van der Waals surface area (Å²) < 4.78 is 18.7. The van der Waals surface area contributed by atoms with E-state index in [1.807, 2.05) is 56.4 Å². The van der Waals surface area contributed by atoms with Gasteiger partial charge in [0.2, 0.25) is 5.88 Å². The van der Waals surface area contributed by atoms with Gasteiger partial charge in [-0.3, -0.25) is 4.90 Å². The minimum Gasteiger partial charge on any atom is -0.439 e. The molecule has 7 nitrogen and oxygen atoms in total. The van der Waals surface area contributed by atoms with Crippen LogP contribution in [0.15, 0.2) is 54.6 Å². The van der Waals surface area contributed by atoms with Crippen LogP contribution in [0.5, 0.6) is 11.6 Å². The highest BCUT2D eigenvalue weighted by molar-refractivity contribution is 6.30. The number of nitrogens with zero attached hydrogens (tertiary/aromatic N) is 3. The van der Waals surface area contributed by atoms with Crippen LogP contribution in [0.1, 0.15) is 12.5 Å². The van der Waals surface area contributed by atoms with E-state index < -0.39 is 6.10 Å². The molecule has 0 fully saturated rings. The highest BCUT2D eigenvalue weighted by Gasteiger charge is 2.23. The molecule has 1 N–H and O–H groups in total. The standard InChI is InChI=1S/C25H32ClN3O4/c1-4-32-18-21(30)16-29(14-15-31-3)17-23-24(19-8-6-5-7-9-19)27-28(2)25(23)33-22-12-10-20(26)11-13-22/h5-13,21,30H,4,14-18H2,1-3H3/t21-/m0/s1. The number of aliphatic hydroxyl groups excluding tert-OH is 1. The quantitative estimate of drug-likeness (QED) is 0.397. The molecule has 33 heavy (non-hydrogen) atoms. The number of aliphatic hydroxyl groups is 1. The molecule has 2 aromatic carbocycles. The molecule has 3 aromatic rings. The Morgan fingerprint density at radius 1 is 1.12 bits per heavy atom. The third-order valence-electron chi connectivity index (χ3n) is 5.14.